The third-order valence-corrected chi connectivity index (χ3v) is 4.25. The molecule has 1 aliphatic rings. The van der Waals surface area contributed by atoms with Gasteiger partial charge in [0.15, 0.2) is 11.5 Å². The molecule has 1 N–H and O–H groups in total. The molecule has 1 heterocycles. The lowest BCUT2D eigenvalue weighted by atomic mass is 9.98. The van der Waals surface area contributed by atoms with Crippen LogP contribution in [0.2, 0.25) is 5.02 Å². The molecule has 0 spiro atoms. The molecule has 24 heavy (non-hydrogen) atoms. The molecule has 0 bridgehead atoms. The quantitative estimate of drug-likeness (QED) is 0.922. The van der Waals surface area contributed by atoms with Crippen molar-refractivity contribution in [1.29, 1.82) is 0 Å². The topological polar surface area (TPSA) is 62.1 Å². The van der Waals surface area contributed by atoms with Crippen LogP contribution >= 0.6 is 11.6 Å². The van der Waals surface area contributed by atoms with Gasteiger partial charge in [-0.15, -0.1) is 0 Å². The lowest BCUT2D eigenvalue weighted by Crippen LogP contribution is -2.24. The van der Waals surface area contributed by atoms with E-state index in [0.29, 0.717) is 17.2 Å². The summed E-state index contributed by atoms with van der Waals surface area (Å²) in [4.78, 5) is 12.0. The molecule has 5 nitrogen and oxygen atoms in total. The van der Waals surface area contributed by atoms with E-state index >= 15 is 0 Å². The van der Waals surface area contributed by atoms with E-state index in [1.807, 2.05) is 18.2 Å². The summed E-state index contributed by atoms with van der Waals surface area (Å²) in [7, 11) is 1.50. The largest absolute Gasteiger partial charge is 0.504 e. The summed E-state index contributed by atoms with van der Waals surface area (Å²) < 4.78 is 5.06. The highest BCUT2D eigenvalue weighted by atomic mass is 35.5. The number of phenols is 1. The molecule has 1 amide bonds. The molecule has 2 aromatic carbocycles. The van der Waals surface area contributed by atoms with Gasteiger partial charge in [-0.2, -0.15) is 5.10 Å². The second-order valence-electron chi connectivity index (χ2n) is 5.57. The Morgan fingerprint density at radius 2 is 2.00 bits per heavy atom. The number of hydrogen-bond donors (Lipinski definition) is 1. The SMILES string of the molecule is COc1ccc(C2=NN(C(C)=O)C(c3ccc(Cl)cc3)C2)cc1O. The minimum atomic E-state index is -0.181. The van der Waals surface area contributed by atoms with E-state index in [4.69, 9.17) is 16.3 Å². The fraction of sp³-hybridized carbons (Fsp3) is 0.222. The van der Waals surface area contributed by atoms with Gasteiger partial charge in [0.05, 0.1) is 18.9 Å². The predicted octanol–water partition coefficient (Wildman–Crippen LogP) is 3.75. The van der Waals surface area contributed by atoms with Crippen LogP contribution in [0.15, 0.2) is 47.6 Å². The fourth-order valence-corrected chi connectivity index (χ4v) is 2.92. The van der Waals surface area contributed by atoms with Gasteiger partial charge in [0.2, 0.25) is 5.91 Å². The number of methoxy groups -OCH3 is 1. The van der Waals surface area contributed by atoms with E-state index in [9.17, 15) is 9.90 Å². The monoisotopic (exact) mass is 344 g/mol. The Hall–Kier alpha value is -2.53. The first-order chi connectivity index (χ1) is 11.5. The fourth-order valence-electron chi connectivity index (χ4n) is 2.79. The van der Waals surface area contributed by atoms with Crippen molar-refractivity contribution in [1.82, 2.24) is 5.01 Å². The van der Waals surface area contributed by atoms with Gasteiger partial charge in [0.1, 0.15) is 0 Å². The van der Waals surface area contributed by atoms with Crippen molar-refractivity contribution in [3.05, 3.63) is 58.6 Å². The predicted molar refractivity (Wildman–Crippen MR) is 92.5 cm³/mol. The van der Waals surface area contributed by atoms with Crippen LogP contribution in [0.1, 0.15) is 30.5 Å². The van der Waals surface area contributed by atoms with Gasteiger partial charge in [-0.3, -0.25) is 4.79 Å². The number of phenolic OH excluding ortho intramolecular Hbond substituents is 1. The standard InChI is InChI=1S/C18H17ClN2O3/c1-11(22)21-16(12-3-6-14(19)7-4-12)10-15(20-21)13-5-8-18(24-2)17(23)9-13/h3-9,16,23H,10H2,1-2H3. The normalized spacial score (nSPS) is 16.9. The van der Waals surface area contributed by atoms with E-state index in [1.165, 1.54) is 19.0 Å². The maximum atomic E-state index is 12.0. The van der Waals surface area contributed by atoms with E-state index in [2.05, 4.69) is 5.10 Å². The van der Waals surface area contributed by atoms with Crippen molar-refractivity contribution in [3.63, 3.8) is 0 Å². The second kappa shape index (κ2) is 6.53. The number of aromatic hydroxyl groups is 1. The first-order valence-corrected chi connectivity index (χ1v) is 7.87. The van der Waals surface area contributed by atoms with Crippen molar-refractivity contribution in [2.45, 2.75) is 19.4 Å². The average molecular weight is 345 g/mol. The molecule has 0 aromatic heterocycles. The van der Waals surface area contributed by atoms with Gasteiger partial charge in [0, 0.05) is 23.9 Å². The number of rotatable bonds is 3. The van der Waals surface area contributed by atoms with Crippen LogP contribution in [-0.4, -0.2) is 28.8 Å². The Bertz CT molecular complexity index is 802. The molecule has 124 valence electrons. The molecule has 1 atom stereocenters. The van der Waals surface area contributed by atoms with Crippen LogP contribution in [-0.2, 0) is 4.79 Å². The minimum Gasteiger partial charge on any atom is -0.504 e. The van der Waals surface area contributed by atoms with E-state index in [1.54, 1.807) is 24.3 Å². The molecule has 6 heteroatoms. The number of hydrazone groups is 1. The number of amides is 1. The number of halogens is 1. The summed E-state index contributed by atoms with van der Waals surface area (Å²) in [5.74, 6) is 0.305. The molecular weight excluding hydrogens is 328 g/mol. The Balaban J connectivity index is 1.93. The van der Waals surface area contributed by atoms with Gasteiger partial charge >= 0.3 is 0 Å². The van der Waals surface area contributed by atoms with Gasteiger partial charge in [0.25, 0.3) is 0 Å². The Morgan fingerprint density at radius 3 is 2.58 bits per heavy atom. The minimum absolute atomic E-state index is 0.0435. The van der Waals surface area contributed by atoms with E-state index in [-0.39, 0.29) is 17.7 Å². The summed E-state index contributed by atoms with van der Waals surface area (Å²) in [5.41, 5.74) is 2.46. The van der Waals surface area contributed by atoms with Crippen LogP contribution in [0.4, 0.5) is 0 Å². The maximum absolute atomic E-state index is 12.0. The molecular formula is C18H17ClN2O3. The third kappa shape index (κ3) is 3.08. The van der Waals surface area contributed by atoms with Gasteiger partial charge < -0.3 is 9.84 Å². The van der Waals surface area contributed by atoms with Crippen molar-refractivity contribution >= 4 is 23.2 Å². The highest BCUT2D eigenvalue weighted by Gasteiger charge is 2.31. The number of hydrogen-bond acceptors (Lipinski definition) is 4. The van der Waals surface area contributed by atoms with Crippen LogP contribution in [0.3, 0.4) is 0 Å². The van der Waals surface area contributed by atoms with Crippen LogP contribution in [0, 0.1) is 0 Å². The van der Waals surface area contributed by atoms with Crippen LogP contribution in [0.25, 0.3) is 0 Å². The summed E-state index contributed by atoms with van der Waals surface area (Å²) >= 11 is 5.94. The number of carbonyl (C=O) groups is 1. The Kier molecular flexibility index (Phi) is 4.44. The lowest BCUT2D eigenvalue weighted by Gasteiger charge is -2.20. The zero-order valence-corrected chi connectivity index (χ0v) is 14.1. The van der Waals surface area contributed by atoms with Crippen molar-refractivity contribution in [2.75, 3.05) is 7.11 Å². The second-order valence-corrected chi connectivity index (χ2v) is 6.00. The molecule has 2 aromatic rings. The number of benzene rings is 2. The molecule has 1 aliphatic heterocycles. The lowest BCUT2D eigenvalue weighted by molar-refractivity contribution is -0.130. The van der Waals surface area contributed by atoms with Gasteiger partial charge in [-0.25, -0.2) is 5.01 Å². The van der Waals surface area contributed by atoms with E-state index in [0.717, 1.165) is 16.8 Å². The summed E-state index contributed by atoms with van der Waals surface area (Å²) in [6.45, 7) is 1.49. The third-order valence-electron chi connectivity index (χ3n) is 4.00. The first-order valence-electron chi connectivity index (χ1n) is 7.49. The summed E-state index contributed by atoms with van der Waals surface area (Å²) in [6, 6.07) is 12.3. The average Bonchev–Trinajstić information content (AvgIpc) is 3.01. The summed E-state index contributed by atoms with van der Waals surface area (Å²) in [5, 5.41) is 16.5. The number of ether oxygens (including phenoxy) is 1. The highest BCUT2D eigenvalue weighted by molar-refractivity contribution is 6.30. The zero-order chi connectivity index (χ0) is 17.3. The van der Waals surface area contributed by atoms with Gasteiger partial charge in [-0.1, -0.05) is 23.7 Å². The van der Waals surface area contributed by atoms with Crippen molar-refractivity contribution in [2.24, 2.45) is 5.10 Å². The van der Waals surface area contributed by atoms with Crippen LogP contribution in [0.5, 0.6) is 11.5 Å². The summed E-state index contributed by atoms with van der Waals surface area (Å²) in [6.07, 6.45) is 0.562. The highest BCUT2D eigenvalue weighted by Crippen LogP contribution is 2.35. The first kappa shape index (κ1) is 16.3. The zero-order valence-electron chi connectivity index (χ0n) is 13.4. The molecule has 0 saturated heterocycles. The van der Waals surface area contributed by atoms with Crippen LogP contribution < -0.4 is 4.74 Å². The molecule has 0 radical (unpaired) electrons. The Labute approximate surface area is 145 Å². The smallest absolute Gasteiger partial charge is 0.240 e. The number of nitrogens with zero attached hydrogens (tertiary/aromatic N) is 2. The van der Waals surface area contributed by atoms with Gasteiger partial charge in [-0.05, 0) is 35.9 Å². The molecule has 3 rings (SSSR count). The molecule has 0 fully saturated rings. The maximum Gasteiger partial charge on any atom is 0.240 e. The molecule has 0 aliphatic carbocycles. The Morgan fingerprint density at radius 1 is 1.29 bits per heavy atom. The van der Waals surface area contributed by atoms with Crippen molar-refractivity contribution in [3.8, 4) is 11.5 Å². The van der Waals surface area contributed by atoms with Crippen molar-refractivity contribution < 1.29 is 14.6 Å². The number of carbonyl (C=O) groups excluding carboxylic acids is 1. The molecule has 0 saturated carbocycles. The molecule has 1 unspecified atom stereocenters. The van der Waals surface area contributed by atoms with E-state index < -0.39 is 0 Å².